The van der Waals surface area contributed by atoms with Crippen LogP contribution in [0.2, 0.25) is 0 Å². The fraction of sp³-hybridized carbons (Fsp3) is 0.636. The summed E-state index contributed by atoms with van der Waals surface area (Å²) in [4.78, 5) is 12.9. The Hall–Kier alpha value is -1.24. The number of hydrogen-bond donors (Lipinski definition) is 0. The van der Waals surface area contributed by atoms with E-state index in [9.17, 15) is 18.0 Å². The molecule has 4 nitrogen and oxygen atoms in total. The van der Waals surface area contributed by atoms with Gasteiger partial charge in [0.1, 0.15) is 6.54 Å². The summed E-state index contributed by atoms with van der Waals surface area (Å²) < 4.78 is 38.8. The molecule has 0 unspecified atom stereocenters. The third kappa shape index (κ3) is 3.86. The molecule has 0 saturated heterocycles. The van der Waals surface area contributed by atoms with Crippen molar-refractivity contribution in [1.29, 1.82) is 0 Å². The number of hydrogen-bond acceptors (Lipinski definition) is 2. The van der Waals surface area contributed by atoms with Crippen molar-refractivity contribution in [2.75, 3.05) is 19.0 Å². The monoisotopic (exact) mass is 297 g/mol. The zero-order chi connectivity index (χ0) is 14.8. The Morgan fingerprint density at radius 2 is 2.00 bits per heavy atom. The highest BCUT2D eigenvalue weighted by molar-refractivity contribution is 6.18. The Morgan fingerprint density at radius 3 is 2.37 bits per heavy atom. The standard InChI is InChI=1S/C11H15ClF3N3O/c1-7-9(8(2)17(3)16-7)10(19)18(5-4-12)6-11(13,14)15/h4-6H2,1-3H3. The second-order valence-corrected chi connectivity index (χ2v) is 4.58. The summed E-state index contributed by atoms with van der Waals surface area (Å²) in [6.45, 7) is 1.76. The molecule has 0 aromatic carbocycles. The van der Waals surface area contributed by atoms with Gasteiger partial charge in [-0.15, -0.1) is 11.6 Å². The van der Waals surface area contributed by atoms with Gasteiger partial charge in [-0.3, -0.25) is 9.48 Å². The molecule has 0 saturated carbocycles. The van der Waals surface area contributed by atoms with Gasteiger partial charge in [-0.2, -0.15) is 18.3 Å². The van der Waals surface area contributed by atoms with E-state index in [1.165, 1.54) is 4.68 Å². The van der Waals surface area contributed by atoms with E-state index in [1.54, 1.807) is 20.9 Å². The van der Waals surface area contributed by atoms with Crippen molar-refractivity contribution in [3.63, 3.8) is 0 Å². The highest BCUT2D eigenvalue weighted by Gasteiger charge is 2.34. The van der Waals surface area contributed by atoms with E-state index >= 15 is 0 Å². The van der Waals surface area contributed by atoms with Crippen molar-refractivity contribution in [1.82, 2.24) is 14.7 Å². The average Bonchev–Trinajstić information content (AvgIpc) is 2.50. The first-order valence-corrected chi connectivity index (χ1v) is 6.13. The Morgan fingerprint density at radius 1 is 1.42 bits per heavy atom. The van der Waals surface area contributed by atoms with Crippen LogP contribution in [0.1, 0.15) is 21.7 Å². The van der Waals surface area contributed by atoms with Crippen LogP contribution in [0.3, 0.4) is 0 Å². The summed E-state index contributed by atoms with van der Waals surface area (Å²) in [6, 6.07) is 0. The second kappa shape index (κ2) is 5.81. The molecule has 0 spiro atoms. The summed E-state index contributed by atoms with van der Waals surface area (Å²) in [5.41, 5.74) is 1.15. The lowest BCUT2D eigenvalue weighted by molar-refractivity contribution is -0.140. The topological polar surface area (TPSA) is 38.1 Å². The molecule has 1 aromatic heterocycles. The smallest absolute Gasteiger partial charge is 0.328 e. The quantitative estimate of drug-likeness (QED) is 0.800. The Labute approximate surface area is 114 Å². The SMILES string of the molecule is Cc1nn(C)c(C)c1C(=O)N(CCCl)CC(F)(F)F. The fourth-order valence-electron chi connectivity index (χ4n) is 1.81. The van der Waals surface area contributed by atoms with Crippen LogP contribution in [0.15, 0.2) is 0 Å². The van der Waals surface area contributed by atoms with Crippen LogP contribution < -0.4 is 0 Å². The lowest BCUT2D eigenvalue weighted by Crippen LogP contribution is -2.40. The molecule has 1 rings (SSSR count). The van der Waals surface area contributed by atoms with Crippen molar-refractivity contribution in [3.8, 4) is 0 Å². The zero-order valence-electron chi connectivity index (χ0n) is 10.9. The minimum absolute atomic E-state index is 0.0554. The van der Waals surface area contributed by atoms with Gasteiger partial charge in [0, 0.05) is 25.2 Å². The molecule has 8 heteroatoms. The molecule has 19 heavy (non-hydrogen) atoms. The average molecular weight is 298 g/mol. The molecule has 0 atom stereocenters. The van der Waals surface area contributed by atoms with Gasteiger partial charge in [-0.1, -0.05) is 0 Å². The van der Waals surface area contributed by atoms with E-state index < -0.39 is 18.6 Å². The first-order valence-electron chi connectivity index (χ1n) is 5.59. The maximum Gasteiger partial charge on any atom is 0.406 e. The van der Waals surface area contributed by atoms with E-state index in [1.807, 2.05) is 0 Å². The van der Waals surface area contributed by atoms with Crippen molar-refractivity contribution in [2.45, 2.75) is 20.0 Å². The molecule has 0 fully saturated rings. The van der Waals surface area contributed by atoms with Gasteiger partial charge in [0.25, 0.3) is 5.91 Å². The normalized spacial score (nSPS) is 11.7. The molecule has 108 valence electrons. The number of carbonyl (C=O) groups is 1. The highest BCUT2D eigenvalue weighted by atomic mass is 35.5. The summed E-state index contributed by atoms with van der Waals surface area (Å²) in [7, 11) is 1.63. The Bertz CT molecular complexity index is 470. The summed E-state index contributed by atoms with van der Waals surface area (Å²) in [6.07, 6.45) is -4.45. The number of aryl methyl sites for hydroxylation is 2. The zero-order valence-corrected chi connectivity index (χ0v) is 11.6. The Kier molecular flexibility index (Phi) is 4.84. The maximum atomic E-state index is 12.5. The van der Waals surface area contributed by atoms with Crippen LogP contribution >= 0.6 is 11.6 Å². The lowest BCUT2D eigenvalue weighted by atomic mass is 10.1. The number of nitrogens with zero attached hydrogens (tertiary/aromatic N) is 3. The fourth-order valence-corrected chi connectivity index (χ4v) is 2.02. The first kappa shape index (κ1) is 15.8. The minimum Gasteiger partial charge on any atom is -0.328 e. The second-order valence-electron chi connectivity index (χ2n) is 4.20. The van der Waals surface area contributed by atoms with Crippen LogP contribution in [-0.4, -0.2) is 45.7 Å². The van der Waals surface area contributed by atoms with Crippen LogP contribution in [-0.2, 0) is 7.05 Å². The molecule has 0 N–H and O–H groups in total. The minimum atomic E-state index is -4.45. The molecule has 0 radical (unpaired) electrons. The van der Waals surface area contributed by atoms with Gasteiger partial charge in [-0.25, -0.2) is 0 Å². The summed E-state index contributed by atoms with van der Waals surface area (Å²) >= 11 is 5.46. The summed E-state index contributed by atoms with van der Waals surface area (Å²) in [5, 5.41) is 4.03. The van der Waals surface area contributed by atoms with Crippen molar-refractivity contribution in [3.05, 3.63) is 17.0 Å². The number of amides is 1. The molecule has 0 aliphatic heterocycles. The van der Waals surface area contributed by atoms with Crippen molar-refractivity contribution >= 4 is 17.5 Å². The van der Waals surface area contributed by atoms with E-state index in [0.29, 0.717) is 16.3 Å². The third-order valence-electron chi connectivity index (χ3n) is 2.73. The summed E-state index contributed by atoms with van der Waals surface area (Å²) in [5.74, 6) is -0.749. The third-order valence-corrected chi connectivity index (χ3v) is 2.90. The van der Waals surface area contributed by atoms with Crippen molar-refractivity contribution < 1.29 is 18.0 Å². The molecule has 0 aliphatic rings. The molecule has 1 amide bonds. The lowest BCUT2D eigenvalue weighted by Gasteiger charge is -2.23. The molecule has 1 aromatic rings. The van der Waals surface area contributed by atoms with Gasteiger partial charge in [0.2, 0.25) is 0 Å². The van der Waals surface area contributed by atoms with Gasteiger partial charge in [-0.05, 0) is 13.8 Å². The van der Waals surface area contributed by atoms with E-state index in [-0.39, 0.29) is 18.0 Å². The van der Waals surface area contributed by atoms with Gasteiger partial charge < -0.3 is 4.90 Å². The van der Waals surface area contributed by atoms with E-state index in [2.05, 4.69) is 5.10 Å². The molecule has 0 aliphatic carbocycles. The predicted molar refractivity (Wildman–Crippen MR) is 65.4 cm³/mol. The van der Waals surface area contributed by atoms with Crippen LogP contribution in [0.4, 0.5) is 13.2 Å². The van der Waals surface area contributed by atoms with Crippen LogP contribution in [0, 0.1) is 13.8 Å². The molecule has 0 bridgehead atoms. The maximum absolute atomic E-state index is 12.5. The van der Waals surface area contributed by atoms with Crippen molar-refractivity contribution in [2.24, 2.45) is 7.05 Å². The number of aromatic nitrogens is 2. The predicted octanol–water partition coefficient (Wildman–Crippen LogP) is 2.28. The largest absolute Gasteiger partial charge is 0.406 e. The first-order chi connectivity index (χ1) is 8.67. The van der Waals surface area contributed by atoms with E-state index in [4.69, 9.17) is 11.6 Å². The van der Waals surface area contributed by atoms with Gasteiger partial charge >= 0.3 is 6.18 Å². The van der Waals surface area contributed by atoms with Gasteiger partial charge in [0.15, 0.2) is 0 Å². The van der Waals surface area contributed by atoms with Gasteiger partial charge in [0.05, 0.1) is 11.3 Å². The Balaban J connectivity index is 3.06. The van der Waals surface area contributed by atoms with Crippen LogP contribution in [0.5, 0.6) is 0 Å². The number of rotatable bonds is 4. The van der Waals surface area contributed by atoms with E-state index in [0.717, 1.165) is 0 Å². The number of carbonyl (C=O) groups excluding carboxylic acids is 1. The molecular weight excluding hydrogens is 283 g/mol. The molecule has 1 heterocycles. The number of alkyl halides is 4. The highest BCUT2D eigenvalue weighted by Crippen LogP contribution is 2.20. The number of halogens is 4. The molecular formula is C11H15ClF3N3O. The van der Waals surface area contributed by atoms with Crippen LogP contribution in [0.25, 0.3) is 0 Å².